The highest BCUT2D eigenvalue weighted by Gasteiger charge is 2.07. The minimum atomic E-state index is -0.175. The molecule has 122 valence electrons. The number of nitrogens with zero attached hydrogens (tertiary/aromatic N) is 1. The molecule has 0 atom stereocenters. The van der Waals surface area contributed by atoms with Gasteiger partial charge in [0.05, 0.1) is 24.1 Å². The van der Waals surface area contributed by atoms with Crippen molar-refractivity contribution in [3.05, 3.63) is 84.1 Å². The predicted octanol–water partition coefficient (Wildman–Crippen LogP) is 3.26. The summed E-state index contributed by atoms with van der Waals surface area (Å²) in [6.07, 6.45) is 5.77. The zero-order chi connectivity index (χ0) is 16.6. The Morgan fingerprint density at radius 1 is 1.08 bits per heavy atom. The monoisotopic (exact) mass is 321 g/mol. The first kappa shape index (κ1) is 15.8. The van der Waals surface area contributed by atoms with Gasteiger partial charge in [0.25, 0.3) is 5.91 Å². The van der Waals surface area contributed by atoms with Crippen molar-refractivity contribution in [1.82, 2.24) is 10.3 Å². The molecule has 3 aromatic rings. The SMILES string of the molecule is O=C(NCc1ccco1)c1cncc(NCCc2ccccc2)c1. The van der Waals surface area contributed by atoms with E-state index in [1.165, 1.54) is 5.56 Å². The molecule has 0 aliphatic heterocycles. The van der Waals surface area contributed by atoms with Crippen LogP contribution in [0.25, 0.3) is 0 Å². The van der Waals surface area contributed by atoms with Gasteiger partial charge in [0.15, 0.2) is 0 Å². The van der Waals surface area contributed by atoms with Crippen LogP contribution in [-0.4, -0.2) is 17.4 Å². The topological polar surface area (TPSA) is 67.2 Å². The van der Waals surface area contributed by atoms with E-state index in [0.717, 1.165) is 18.7 Å². The molecule has 1 aromatic carbocycles. The fourth-order valence-electron chi connectivity index (χ4n) is 2.34. The van der Waals surface area contributed by atoms with Crippen LogP contribution in [0.1, 0.15) is 21.7 Å². The minimum Gasteiger partial charge on any atom is -0.467 e. The van der Waals surface area contributed by atoms with Crippen LogP contribution >= 0.6 is 0 Å². The summed E-state index contributed by atoms with van der Waals surface area (Å²) >= 11 is 0. The number of benzene rings is 1. The van der Waals surface area contributed by atoms with Crippen LogP contribution in [0.3, 0.4) is 0 Å². The van der Waals surface area contributed by atoms with Crippen molar-refractivity contribution in [3.63, 3.8) is 0 Å². The number of hydrogen-bond donors (Lipinski definition) is 2. The Labute approximate surface area is 140 Å². The van der Waals surface area contributed by atoms with Gasteiger partial charge in [-0.3, -0.25) is 9.78 Å². The summed E-state index contributed by atoms with van der Waals surface area (Å²) in [5.41, 5.74) is 2.62. The Morgan fingerprint density at radius 3 is 2.75 bits per heavy atom. The first-order valence-corrected chi connectivity index (χ1v) is 7.85. The van der Waals surface area contributed by atoms with E-state index in [2.05, 4.69) is 27.8 Å². The summed E-state index contributed by atoms with van der Waals surface area (Å²) < 4.78 is 5.20. The number of anilines is 1. The maximum absolute atomic E-state index is 12.2. The summed E-state index contributed by atoms with van der Waals surface area (Å²) in [4.78, 5) is 16.3. The average molecular weight is 321 g/mol. The second kappa shape index (κ2) is 7.97. The highest BCUT2D eigenvalue weighted by Crippen LogP contribution is 2.09. The van der Waals surface area contributed by atoms with Crippen LogP contribution in [0.5, 0.6) is 0 Å². The summed E-state index contributed by atoms with van der Waals surface area (Å²) in [7, 11) is 0. The lowest BCUT2D eigenvalue weighted by atomic mass is 10.1. The van der Waals surface area contributed by atoms with E-state index < -0.39 is 0 Å². The molecule has 5 heteroatoms. The Bertz CT molecular complexity index is 770. The highest BCUT2D eigenvalue weighted by atomic mass is 16.3. The van der Waals surface area contributed by atoms with E-state index in [-0.39, 0.29) is 5.91 Å². The lowest BCUT2D eigenvalue weighted by molar-refractivity contribution is 0.0947. The number of furan rings is 1. The van der Waals surface area contributed by atoms with Gasteiger partial charge in [0.2, 0.25) is 0 Å². The van der Waals surface area contributed by atoms with Gasteiger partial charge in [0, 0.05) is 18.9 Å². The molecule has 3 rings (SSSR count). The third-order valence-electron chi connectivity index (χ3n) is 3.59. The van der Waals surface area contributed by atoms with E-state index in [4.69, 9.17) is 4.42 Å². The Balaban J connectivity index is 1.52. The minimum absolute atomic E-state index is 0.175. The average Bonchev–Trinajstić information content (AvgIpc) is 3.14. The van der Waals surface area contributed by atoms with Gasteiger partial charge >= 0.3 is 0 Å². The van der Waals surface area contributed by atoms with E-state index in [9.17, 15) is 4.79 Å². The van der Waals surface area contributed by atoms with Crippen molar-refractivity contribution >= 4 is 11.6 Å². The second-order valence-corrected chi connectivity index (χ2v) is 5.39. The van der Waals surface area contributed by atoms with Crippen molar-refractivity contribution in [2.75, 3.05) is 11.9 Å². The van der Waals surface area contributed by atoms with E-state index in [1.54, 1.807) is 30.8 Å². The third-order valence-corrected chi connectivity index (χ3v) is 3.59. The number of rotatable bonds is 7. The van der Waals surface area contributed by atoms with Crippen LogP contribution in [0.4, 0.5) is 5.69 Å². The second-order valence-electron chi connectivity index (χ2n) is 5.39. The van der Waals surface area contributed by atoms with E-state index in [1.807, 2.05) is 24.3 Å². The largest absolute Gasteiger partial charge is 0.467 e. The standard InChI is InChI=1S/C19H19N3O2/c23-19(22-14-18-7-4-10-24-18)16-11-17(13-20-12-16)21-9-8-15-5-2-1-3-6-15/h1-7,10-13,21H,8-9,14H2,(H,22,23). The number of hydrogen-bond acceptors (Lipinski definition) is 4. The number of pyridine rings is 1. The van der Waals surface area contributed by atoms with Crippen LogP contribution in [0.2, 0.25) is 0 Å². The normalized spacial score (nSPS) is 10.3. The quantitative estimate of drug-likeness (QED) is 0.701. The fraction of sp³-hybridized carbons (Fsp3) is 0.158. The summed E-state index contributed by atoms with van der Waals surface area (Å²) in [6, 6.07) is 15.7. The molecule has 24 heavy (non-hydrogen) atoms. The summed E-state index contributed by atoms with van der Waals surface area (Å²) in [6.45, 7) is 1.14. The first-order chi connectivity index (χ1) is 11.8. The van der Waals surface area contributed by atoms with Crippen LogP contribution in [0.15, 0.2) is 71.6 Å². The molecule has 2 heterocycles. The van der Waals surface area contributed by atoms with Crippen molar-refractivity contribution in [2.24, 2.45) is 0 Å². The predicted molar refractivity (Wildman–Crippen MR) is 92.8 cm³/mol. The molecule has 0 radical (unpaired) electrons. The Hall–Kier alpha value is -3.08. The van der Waals surface area contributed by atoms with Crippen LogP contribution in [-0.2, 0) is 13.0 Å². The summed E-state index contributed by atoms with van der Waals surface area (Å²) in [5, 5.41) is 6.11. The van der Waals surface area contributed by atoms with Gasteiger partial charge in [0.1, 0.15) is 5.76 Å². The highest BCUT2D eigenvalue weighted by molar-refractivity contribution is 5.94. The molecule has 0 aliphatic rings. The molecule has 0 unspecified atom stereocenters. The number of aromatic nitrogens is 1. The molecule has 5 nitrogen and oxygen atoms in total. The lowest BCUT2D eigenvalue weighted by Crippen LogP contribution is -2.22. The number of amides is 1. The number of nitrogens with one attached hydrogen (secondary N) is 2. The first-order valence-electron chi connectivity index (χ1n) is 7.85. The molecule has 2 aromatic heterocycles. The summed E-state index contributed by atoms with van der Waals surface area (Å²) in [5.74, 6) is 0.541. The lowest BCUT2D eigenvalue weighted by Gasteiger charge is -2.08. The van der Waals surface area contributed by atoms with Gasteiger partial charge in [-0.25, -0.2) is 0 Å². The fourth-order valence-corrected chi connectivity index (χ4v) is 2.34. The van der Waals surface area contributed by atoms with Gasteiger partial charge in [-0.05, 0) is 30.2 Å². The number of carbonyl (C=O) groups excluding carboxylic acids is 1. The molecule has 0 fully saturated rings. The Kier molecular flexibility index (Phi) is 5.24. The molecule has 0 saturated heterocycles. The van der Waals surface area contributed by atoms with Gasteiger partial charge in [-0.1, -0.05) is 30.3 Å². The molecule has 0 bridgehead atoms. The third kappa shape index (κ3) is 4.46. The zero-order valence-electron chi connectivity index (χ0n) is 13.2. The number of carbonyl (C=O) groups is 1. The van der Waals surface area contributed by atoms with Crippen molar-refractivity contribution in [1.29, 1.82) is 0 Å². The molecule has 0 spiro atoms. The molecular formula is C19H19N3O2. The van der Waals surface area contributed by atoms with Crippen molar-refractivity contribution < 1.29 is 9.21 Å². The molecule has 1 amide bonds. The smallest absolute Gasteiger partial charge is 0.253 e. The molecule has 0 aliphatic carbocycles. The molecule has 0 saturated carbocycles. The van der Waals surface area contributed by atoms with Gasteiger partial charge < -0.3 is 15.1 Å². The van der Waals surface area contributed by atoms with E-state index in [0.29, 0.717) is 17.9 Å². The van der Waals surface area contributed by atoms with Gasteiger partial charge in [-0.15, -0.1) is 0 Å². The van der Waals surface area contributed by atoms with Crippen molar-refractivity contribution in [3.8, 4) is 0 Å². The Morgan fingerprint density at radius 2 is 1.96 bits per heavy atom. The van der Waals surface area contributed by atoms with Gasteiger partial charge in [-0.2, -0.15) is 0 Å². The van der Waals surface area contributed by atoms with Crippen LogP contribution < -0.4 is 10.6 Å². The van der Waals surface area contributed by atoms with E-state index >= 15 is 0 Å². The van der Waals surface area contributed by atoms with Crippen LogP contribution in [0, 0.1) is 0 Å². The van der Waals surface area contributed by atoms with Crippen molar-refractivity contribution in [2.45, 2.75) is 13.0 Å². The maximum Gasteiger partial charge on any atom is 0.253 e. The molecule has 2 N–H and O–H groups in total. The maximum atomic E-state index is 12.2. The zero-order valence-corrected chi connectivity index (χ0v) is 13.2. The molecular weight excluding hydrogens is 302 g/mol.